The lowest BCUT2D eigenvalue weighted by atomic mass is 10.1. The van der Waals surface area contributed by atoms with Crippen molar-refractivity contribution in [2.75, 3.05) is 0 Å². The second kappa shape index (κ2) is 7.22. The van der Waals surface area contributed by atoms with E-state index in [0.717, 1.165) is 5.56 Å². The lowest BCUT2D eigenvalue weighted by Crippen LogP contribution is -2.24. The Morgan fingerprint density at radius 1 is 1.08 bits per heavy atom. The molecule has 1 amide bonds. The van der Waals surface area contributed by atoms with Gasteiger partial charge in [-0.15, -0.1) is 0 Å². The third-order valence-corrected chi connectivity index (χ3v) is 3.44. The van der Waals surface area contributed by atoms with Crippen molar-refractivity contribution in [2.45, 2.75) is 0 Å². The molecule has 0 radical (unpaired) electrons. The molecule has 0 aliphatic heterocycles. The number of amides is 1. The van der Waals surface area contributed by atoms with Crippen LogP contribution in [0.4, 0.5) is 0 Å². The number of hydrazone groups is 1. The molecule has 0 bridgehead atoms. The second-order valence-corrected chi connectivity index (χ2v) is 5.11. The molecule has 2 aromatic carbocycles. The number of aromatic nitrogens is 2. The zero-order valence-corrected chi connectivity index (χ0v) is 13.0. The van der Waals surface area contributed by atoms with Crippen molar-refractivity contribution in [1.29, 1.82) is 0 Å². The number of hydrogen-bond acceptors (Lipinski definition) is 5. The lowest BCUT2D eigenvalue weighted by Gasteiger charge is -2.05. The van der Waals surface area contributed by atoms with E-state index < -0.39 is 11.9 Å². The van der Waals surface area contributed by atoms with Gasteiger partial charge in [0.1, 0.15) is 5.69 Å². The molecular weight excluding hydrogens is 320 g/mol. The molecule has 7 heteroatoms. The van der Waals surface area contributed by atoms with Crippen molar-refractivity contribution in [3.63, 3.8) is 0 Å². The number of carbonyl (C=O) groups excluding carboxylic acids is 2. The van der Waals surface area contributed by atoms with Crippen molar-refractivity contribution >= 4 is 18.1 Å². The number of benzene rings is 2. The Balaban J connectivity index is 1.70. The van der Waals surface area contributed by atoms with Gasteiger partial charge in [0, 0.05) is 16.7 Å². The maximum Gasteiger partial charge on any atom is 0.289 e. The zero-order chi connectivity index (χ0) is 17.6. The molecule has 1 heterocycles. The van der Waals surface area contributed by atoms with Crippen molar-refractivity contribution in [3.05, 3.63) is 77.5 Å². The maximum atomic E-state index is 12.1. The molecule has 0 spiro atoms. The van der Waals surface area contributed by atoms with Crippen LogP contribution in [0.15, 0.2) is 65.8 Å². The van der Waals surface area contributed by atoms with Gasteiger partial charge in [-0.2, -0.15) is 10.2 Å². The molecule has 3 aromatic rings. The van der Waals surface area contributed by atoms with Crippen molar-refractivity contribution in [2.24, 2.45) is 5.10 Å². The van der Waals surface area contributed by atoms with E-state index in [1.165, 1.54) is 12.3 Å². The van der Waals surface area contributed by atoms with E-state index in [4.69, 9.17) is 0 Å². The molecule has 0 aliphatic rings. The molecular formula is C18H13N4O3-. The third kappa shape index (κ3) is 3.78. The number of aromatic carboxylic acids is 1. The van der Waals surface area contributed by atoms with Crippen LogP contribution in [-0.2, 0) is 0 Å². The average molecular weight is 333 g/mol. The van der Waals surface area contributed by atoms with Gasteiger partial charge in [0.05, 0.1) is 17.9 Å². The van der Waals surface area contributed by atoms with Gasteiger partial charge in [-0.05, 0) is 6.07 Å². The molecule has 2 N–H and O–H groups in total. The molecule has 124 valence electrons. The quantitative estimate of drug-likeness (QED) is 0.540. The summed E-state index contributed by atoms with van der Waals surface area (Å²) in [5.74, 6) is -1.80. The van der Waals surface area contributed by atoms with E-state index in [-0.39, 0.29) is 11.3 Å². The van der Waals surface area contributed by atoms with Gasteiger partial charge in [0.2, 0.25) is 0 Å². The van der Waals surface area contributed by atoms with E-state index >= 15 is 0 Å². The number of carbonyl (C=O) groups is 2. The van der Waals surface area contributed by atoms with Gasteiger partial charge in [0.25, 0.3) is 5.91 Å². The minimum Gasteiger partial charge on any atom is -0.545 e. The molecule has 25 heavy (non-hydrogen) atoms. The van der Waals surface area contributed by atoms with Crippen LogP contribution in [0.2, 0.25) is 0 Å². The van der Waals surface area contributed by atoms with Gasteiger partial charge in [-0.1, -0.05) is 54.6 Å². The van der Waals surface area contributed by atoms with Crippen molar-refractivity contribution in [1.82, 2.24) is 15.6 Å². The smallest absolute Gasteiger partial charge is 0.289 e. The van der Waals surface area contributed by atoms with Crippen molar-refractivity contribution in [3.8, 4) is 11.3 Å². The highest BCUT2D eigenvalue weighted by Gasteiger charge is 2.10. The SMILES string of the molecule is O=C(NN=Cc1ccccc1C(=O)[O-])c1cc(-c2ccccc2)n[nH]1. The van der Waals surface area contributed by atoms with Gasteiger partial charge >= 0.3 is 0 Å². The molecule has 0 saturated carbocycles. The van der Waals surface area contributed by atoms with E-state index in [2.05, 4.69) is 20.7 Å². The van der Waals surface area contributed by atoms with Crippen LogP contribution in [-0.4, -0.2) is 28.3 Å². The summed E-state index contributed by atoms with van der Waals surface area (Å²) in [5, 5.41) is 21.5. The fourth-order valence-electron chi connectivity index (χ4n) is 2.21. The molecule has 0 fully saturated rings. The fourth-order valence-corrected chi connectivity index (χ4v) is 2.21. The van der Waals surface area contributed by atoms with Crippen LogP contribution in [0.3, 0.4) is 0 Å². The number of rotatable bonds is 5. The number of nitrogens with zero attached hydrogens (tertiary/aromatic N) is 2. The first-order valence-electron chi connectivity index (χ1n) is 7.40. The molecule has 7 nitrogen and oxygen atoms in total. The molecule has 0 saturated heterocycles. The summed E-state index contributed by atoms with van der Waals surface area (Å²) in [7, 11) is 0. The van der Waals surface area contributed by atoms with Gasteiger partial charge < -0.3 is 9.90 Å². The second-order valence-electron chi connectivity index (χ2n) is 5.11. The summed E-state index contributed by atoms with van der Waals surface area (Å²) in [5.41, 5.74) is 4.40. The highest BCUT2D eigenvalue weighted by Crippen LogP contribution is 2.16. The van der Waals surface area contributed by atoms with E-state index in [0.29, 0.717) is 11.3 Å². The number of carboxylic acids is 1. The molecule has 1 aromatic heterocycles. The Kier molecular flexibility index (Phi) is 4.66. The standard InChI is InChI=1S/C18H14N4O3/c23-17(16-10-15(20-21-16)12-6-2-1-3-7-12)22-19-11-13-8-4-5-9-14(13)18(24)25/h1-11H,(H,20,21)(H,22,23)(H,24,25)/p-1. The van der Waals surface area contributed by atoms with Gasteiger partial charge in [0.15, 0.2) is 0 Å². The Labute approximate surface area is 143 Å². The summed E-state index contributed by atoms with van der Waals surface area (Å²) in [6.45, 7) is 0. The zero-order valence-electron chi connectivity index (χ0n) is 13.0. The largest absolute Gasteiger partial charge is 0.545 e. The summed E-state index contributed by atoms with van der Waals surface area (Å²) in [6, 6.07) is 17.2. The predicted molar refractivity (Wildman–Crippen MR) is 89.9 cm³/mol. The van der Waals surface area contributed by atoms with Crippen LogP contribution in [0.25, 0.3) is 11.3 Å². The highest BCUT2D eigenvalue weighted by molar-refractivity contribution is 5.98. The monoisotopic (exact) mass is 333 g/mol. The van der Waals surface area contributed by atoms with Crippen LogP contribution >= 0.6 is 0 Å². The Bertz CT molecular complexity index is 932. The fraction of sp³-hybridized carbons (Fsp3) is 0. The first-order chi connectivity index (χ1) is 12.1. The van der Waals surface area contributed by atoms with Crippen LogP contribution in [0, 0.1) is 0 Å². The average Bonchev–Trinajstić information content (AvgIpc) is 3.13. The topological polar surface area (TPSA) is 110 Å². The predicted octanol–water partition coefficient (Wildman–Crippen LogP) is 1.20. The van der Waals surface area contributed by atoms with Crippen LogP contribution < -0.4 is 10.5 Å². The van der Waals surface area contributed by atoms with E-state index in [9.17, 15) is 14.7 Å². The van der Waals surface area contributed by atoms with Gasteiger partial charge in [-0.3, -0.25) is 9.89 Å². The number of hydrogen-bond donors (Lipinski definition) is 2. The minimum absolute atomic E-state index is 0.00611. The number of H-pyrrole nitrogens is 1. The summed E-state index contributed by atoms with van der Waals surface area (Å²) in [4.78, 5) is 23.1. The number of aromatic amines is 1. The minimum atomic E-state index is -1.31. The molecule has 3 rings (SSSR count). The summed E-state index contributed by atoms with van der Waals surface area (Å²) < 4.78 is 0. The number of carboxylic acid groups (broad SMARTS) is 1. The molecule has 0 atom stereocenters. The lowest BCUT2D eigenvalue weighted by molar-refractivity contribution is -0.255. The molecule has 0 unspecified atom stereocenters. The first kappa shape index (κ1) is 16.1. The van der Waals surface area contributed by atoms with Crippen molar-refractivity contribution < 1.29 is 14.7 Å². The van der Waals surface area contributed by atoms with Crippen LogP contribution in [0.1, 0.15) is 26.4 Å². The summed E-state index contributed by atoms with van der Waals surface area (Å²) in [6.07, 6.45) is 1.25. The van der Waals surface area contributed by atoms with Crippen LogP contribution in [0.5, 0.6) is 0 Å². The van der Waals surface area contributed by atoms with E-state index in [1.807, 2.05) is 30.3 Å². The molecule has 0 aliphatic carbocycles. The Morgan fingerprint density at radius 3 is 2.56 bits per heavy atom. The summed E-state index contributed by atoms with van der Waals surface area (Å²) >= 11 is 0. The number of nitrogens with one attached hydrogen (secondary N) is 2. The Morgan fingerprint density at radius 2 is 1.80 bits per heavy atom. The van der Waals surface area contributed by atoms with E-state index in [1.54, 1.807) is 24.3 Å². The first-order valence-corrected chi connectivity index (χ1v) is 7.40. The normalized spacial score (nSPS) is 10.7. The maximum absolute atomic E-state index is 12.1. The van der Waals surface area contributed by atoms with Gasteiger partial charge in [-0.25, -0.2) is 5.43 Å². The third-order valence-electron chi connectivity index (χ3n) is 3.44. The highest BCUT2D eigenvalue weighted by atomic mass is 16.4. The Hall–Kier alpha value is -3.74.